The molecular formula is C10H13I2NOS. The molecule has 0 aromatic carbocycles. The molecule has 0 amide bonds. The van der Waals surface area contributed by atoms with Crippen LogP contribution in [0.25, 0.3) is 0 Å². The van der Waals surface area contributed by atoms with E-state index in [1.54, 1.807) is 11.8 Å². The Hall–Kier alpha value is 0.760. The lowest BCUT2D eigenvalue weighted by Crippen LogP contribution is -2.20. The first kappa shape index (κ1) is 13.8. The van der Waals surface area contributed by atoms with Crippen LogP contribution < -0.4 is 4.74 Å². The molecule has 1 aromatic heterocycles. The summed E-state index contributed by atoms with van der Waals surface area (Å²) in [5.74, 6) is 0.706. The van der Waals surface area contributed by atoms with Gasteiger partial charge in [-0.1, -0.05) is 45.2 Å². The number of hydrogen-bond acceptors (Lipinski definition) is 3. The largest absolute Gasteiger partial charge is 0.476 e. The van der Waals surface area contributed by atoms with Crippen LogP contribution in [-0.2, 0) is 0 Å². The quantitative estimate of drug-likeness (QED) is 0.383. The van der Waals surface area contributed by atoms with Crippen LogP contribution in [0.3, 0.4) is 0 Å². The van der Waals surface area contributed by atoms with E-state index in [2.05, 4.69) is 64.0 Å². The first-order valence-corrected chi connectivity index (χ1v) is 8.07. The summed E-state index contributed by atoms with van der Waals surface area (Å²) in [6, 6.07) is 3.98. The second-order valence-corrected chi connectivity index (χ2v) is 9.36. The van der Waals surface area contributed by atoms with Crippen LogP contribution in [0.5, 0.6) is 5.88 Å². The Morgan fingerprint density at radius 3 is 2.67 bits per heavy atom. The first-order chi connectivity index (χ1) is 7.01. The molecule has 1 rings (SSSR count). The minimum absolute atomic E-state index is 0.148. The summed E-state index contributed by atoms with van der Waals surface area (Å²) >= 11 is 6.47. The molecule has 0 atom stereocenters. The Kier molecular flexibility index (Phi) is 5.98. The molecule has 0 aliphatic heterocycles. The number of rotatable bonds is 5. The SMILES string of the molecule is CC(C)(I)COc1ccc(SCI)cn1. The third-order valence-corrected chi connectivity index (χ3v) is 3.42. The fourth-order valence-corrected chi connectivity index (χ4v) is 2.50. The summed E-state index contributed by atoms with van der Waals surface area (Å²) < 4.78 is 6.76. The van der Waals surface area contributed by atoms with Crippen LogP contribution in [0.1, 0.15) is 13.8 Å². The van der Waals surface area contributed by atoms with Crippen molar-refractivity contribution in [3.05, 3.63) is 18.3 Å². The van der Waals surface area contributed by atoms with E-state index in [1.165, 1.54) is 4.90 Å². The van der Waals surface area contributed by atoms with Crippen LogP contribution in [0, 0.1) is 0 Å². The van der Waals surface area contributed by atoms with Gasteiger partial charge in [0.2, 0.25) is 5.88 Å². The highest BCUT2D eigenvalue weighted by molar-refractivity contribution is 14.1. The second-order valence-electron chi connectivity index (χ2n) is 3.59. The van der Waals surface area contributed by atoms with Crippen LogP contribution in [0.4, 0.5) is 0 Å². The average Bonchev–Trinajstić information content (AvgIpc) is 2.16. The summed E-state index contributed by atoms with van der Waals surface area (Å²) in [4.78, 5) is 5.44. The first-order valence-electron chi connectivity index (χ1n) is 4.48. The molecule has 0 spiro atoms. The van der Waals surface area contributed by atoms with Crippen molar-refractivity contribution >= 4 is 56.9 Å². The average molecular weight is 449 g/mol. The Balaban J connectivity index is 2.50. The van der Waals surface area contributed by atoms with Crippen molar-refractivity contribution in [1.82, 2.24) is 4.98 Å². The van der Waals surface area contributed by atoms with Crippen molar-refractivity contribution in [1.29, 1.82) is 0 Å². The van der Waals surface area contributed by atoms with E-state index in [0.717, 1.165) is 3.76 Å². The fraction of sp³-hybridized carbons (Fsp3) is 0.500. The van der Waals surface area contributed by atoms with Gasteiger partial charge in [-0.15, -0.1) is 11.8 Å². The van der Waals surface area contributed by atoms with Crippen LogP contribution in [0.2, 0.25) is 0 Å². The van der Waals surface area contributed by atoms with E-state index in [-0.39, 0.29) is 3.42 Å². The smallest absolute Gasteiger partial charge is 0.213 e. The Labute approximate surface area is 122 Å². The van der Waals surface area contributed by atoms with E-state index >= 15 is 0 Å². The van der Waals surface area contributed by atoms with Gasteiger partial charge in [0.25, 0.3) is 0 Å². The number of alkyl halides is 2. The minimum atomic E-state index is 0.148. The highest BCUT2D eigenvalue weighted by Gasteiger charge is 2.13. The highest BCUT2D eigenvalue weighted by atomic mass is 127. The lowest BCUT2D eigenvalue weighted by molar-refractivity contribution is 0.283. The van der Waals surface area contributed by atoms with E-state index in [1.807, 2.05) is 18.3 Å². The maximum atomic E-state index is 5.57. The van der Waals surface area contributed by atoms with E-state index in [4.69, 9.17) is 4.74 Å². The summed E-state index contributed by atoms with van der Waals surface area (Å²) in [6.07, 6.45) is 1.86. The fourth-order valence-electron chi connectivity index (χ4n) is 0.846. The van der Waals surface area contributed by atoms with Gasteiger partial charge in [0.05, 0.1) is 7.18 Å². The zero-order valence-electron chi connectivity index (χ0n) is 8.67. The lowest BCUT2D eigenvalue weighted by Gasteiger charge is -2.16. The van der Waals surface area contributed by atoms with Gasteiger partial charge in [0.1, 0.15) is 6.61 Å². The third-order valence-electron chi connectivity index (χ3n) is 1.49. The molecule has 0 bridgehead atoms. The molecule has 0 fully saturated rings. The molecule has 0 saturated heterocycles. The molecule has 15 heavy (non-hydrogen) atoms. The van der Waals surface area contributed by atoms with Crippen LogP contribution in [0.15, 0.2) is 23.2 Å². The van der Waals surface area contributed by atoms with Gasteiger partial charge >= 0.3 is 0 Å². The normalized spacial score (nSPS) is 11.5. The molecule has 0 saturated carbocycles. The molecule has 0 aliphatic rings. The number of halogens is 2. The molecule has 0 radical (unpaired) electrons. The zero-order valence-corrected chi connectivity index (χ0v) is 13.8. The number of aromatic nitrogens is 1. The van der Waals surface area contributed by atoms with Crippen molar-refractivity contribution in [2.75, 3.05) is 10.4 Å². The third kappa shape index (κ3) is 6.15. The van der Waals surface area contributed by atoms with Crippen molar-refractivity contribution in [3.63, 3.8) is 0 Å². The number of hydrogen-bond donors (Lipinski definition) is 0. The molecular weight excluding hydrogens is 436 g/mol. The van der Waals surface area contributed by atoms with Crippen molar-refractivity contribution in [3.8, 4) is 5.88 Å². The van der Waals surface area contributed by atoms with Gasteiger partial charge in [-0.25, -0.2) is 4.98 Å². The molecule has 0 aliphatic carbocycles. The summed E-state index contributed by atoms with van der Waals surface area (Å²) in [5.41, 5.74) is 0. The van der Waals surface area contributed by atoms with E-state index in [9.17, 15) is 0 Å². The Morgan fingerprint density at radius 2 is 2.20 bits per heavy atom. The summed E-state index contributed by atoms with van der Waals surface area (Å²) in [6.45, 7) is 4.95. The topological polar surface area (TPSA) is 22.1 Å². The molecule has 1 heterocycles. The van der Waals surface area contributed by atoms with Gasteiger partial charge in [-0.2, -0.15) is 0 Å². The number of nitrogens with zero attached hydrogens (tertiary/aromatic N) is 1. The van der Waals surface area contributed by atoms with Crippen LogP contribution in [-0.4, -0.2) is 18.8 Å². The van der Waals surface area contributed by atoms with Gasteiger partial charge in [0.15, 0.2) is 0 Å². The molecule has 2 nitrogen and oxygen atoms in total. The Morgan fingerprint density at radius 1 is 1.47 bits per heavy atom. The van der Waals surface area contributed by atoms with E-state index < -0.39 is 0 Å². The monoisotopic (exact) mass is 449 g/mol. The molecule has 0 N–H and O–H groups in total. The maximum absolute atomic E-state index is 5.57. The van der Waals surface area contributed by atoms with Crippen molar-refractivity contribution < 1.29 is 4.74 Å². The number of pyridine rings is 1. The Bertz CT molecular complexity index is 297. The van der Waals surface area contributed by atoms with Crippen molar-refractivity contribution in [2.45, 2.75) is 22.2 Å². The standard InChI is InChI=1S/C10H13I2NOS/c1-10(2,12)6-14-9-4-3-8(5-13-9)15-7-11/h3-5H,6-7H2,1-2H3. The summed E-state index contributed by atoms with van der Waals surface area (Å²) in [5, 5.41) is 0. The van der Waals surface area contributed by atoms with Crippen molar-refractivity contribution in [2.24, 2.45) is 0 Å². The predicted octanol–water partition coefficient (Wildman–Crippen LogP) is 4.16. The van der Waals surface area contributed by atoms with Gasteiger partial charge in [0, 0.05) is 17.2 Å². The van der Waals surface area contributed by atoms with Gasteiger partial charge in [-0.05, 0) is 19.9 Å². The van der Waals surface area contributed by atoms with Gasteiger partial charge in [-0.3, -0.25) is 0 Å². The highest BCUT2D eigenvalue weighted by Crippen LogP contribution is 2.22. The summed E-state index contributed by atoms with van der Waals surface area (Å²) in [7, 11) is 0. The minimum Gasteiger partial charge on any atom is -0.476 e. The zero-order chi connectivity index (χ0) is 11.3. The number of thioether (sulfide) groups is 1. The molecule has 84 valence electrons. The number of ether oxygens (including phenoxy) is 1. The molecule has 5 heteroatoms. The predicted molar refractivity (Wildman–Crippen MR) is 82.6 cm³/mol. The molecule has 1 aromatic rings. The molecule has 0 unspecified atom stereocenters. The lowest BCUT2D eigenvalue weighted by atomic mass is 10.2. The van der Waals surface area contributed by atoms with E-state index in [0.29, 0.717) is 12.5 Å². The van der Waals surface area contributed by atoms with Gasteiger partial charge < -0.3 is 4.74 Å². The second kappa shape index (κ2) is 6.48. The maximum Gasteiger partial charge on any atom is 0.213 e. The van der Waals surface area contributed by atoms with Crippen LogP contribution >= 0.6 is 56.9 Å².